The lowest BCUT2D eigenvalue weighted by Crippen LogP contribution is -2.26. The van der Waals surface area contributed by atoms with Gasteiger partial charge in [-0.15, -0.1) is 0 Å². The number of aromatic nitrogens is 1. The van der Waals surface area contributed by atoms with Crippen LogP contribution in [0, 0.1) is 0 Å². The number of anilines is 1. The molecule has 1 aliphatic rings. The lowest BCUT2D eigenvalue weighted by atomic mass is 9.97. The molecule has 2 aromatic rings. The van der Waals surface area contributed by atoms with Crippen LogP contribution in [0.2, 0.25) is 0 Å². The lowest BCUT2D eigenvalue weighted by molar-refractivity contribution is 0.0954. The van der Waals surface area contributed by atoms with Crippen molar-refractivity contribution in [1.82, 2.24) is 10.3 Å². The highest BCUT2D eigenvalue weighted by Crippen LogP contribution is 2.20. The molecule has 1 aliphatic carbocycles. The number of hydrogen-bond donors (Lipinski definition) is 2. The summed E-state index contributed by atoms with van der Waals surface area (Å²) < 4.78 is 5.23. The number of rotatable bonds is 9. The molecule has 2 N–H and O–H groups in total. The highest BCUT2D eigenvalue weighted by atomic mass is 16.5. The van der Waals surface area contributed by atoms with Gasteiger partial charge in [-0.1, -0.05) is 23.8 Å². The van der Waals surface area contributed by atoms with Crippen LogP contribution in [0.1, 0.15) is 48.0 Å². The Bertz CT molecular complexity index is 817. The smallest absolute Gasteiger partial charge is 0.252 e. The summed E-state index contributed by atoms with van der Waals surface area (Å²) in [4.78, 5) is 16.6. The van der Waals surface area contributed by atoms with Gasteiger partial charge in [0.1, 0.15) is 5.75 Å². The molecule has 1 aromatic heterocycles. The Hall–Kier alpha value is -2.82. The van der Waals surface area contributed by atoms with E-state index in [-0.39, 0.29) is 5.91 Å². The van der Waals surface area contributed by atoms with Crippen molar-refractivity contribution < 1.29 is 9.53 Å². The molecule has 0 unspecified atom stereocenters. The number of hydrogen-bond acceptors (Lipinski definition) is 4. The second kappa shape index (κ2) is 10.5. The van der Waals surface area contributed by atoms with Gasteiger partial charge in [-0.2, -0.15) is 0 Å². The third-order valence-electron chi connectivity index (χ3n) is 4.99. The minimum Gasteiger partial charge on any atom is -0.497 e. The van der Waals surface area contributed by atoms with Crippen LogP contribution in [0.3, 0.4) is 0 Å². The zero-order valence-corrected chi connectivity index (χ0v) is 16.5. The molecular weight excluding hydrogens is 350 g/mol. The van der Waals surface area contributed by atoms with E-state index in [4.69, 9.17) is 4.74 Å². The van der Waals surface area contributed by atoms with Crippen molar-refractivity contribution in [3.63, 3.8) is 0 Å². The van der Waals surface area contributed by atoms with Gasteiger partial charge in [0.05, 0.1) is 18.4 Å². The summed E-state index contributed by atoms with van der Waals surface area (Å²) in [5.74, 6) is 0.727. The molecule has 0 radical (unpaired) electrons. The molecule has 0 bridgehead atoms. The Morgan fingerprint density at radius 1 is 1.14 bits per heavy atom. The molecule has 0 spiro atoms. The van der Waals surface area contributed by atoms with Crippen LogP contribution in [0.5, 0.6) is 5.75 Å². The molecule has 0 atom stereocenters. The Morgan fingerprint density at radius 2 is 2.07 bits per heavy atom. The molecule has 5 nitrogen and oxygen atoms in total. The average molecular weight is 380 g/mol. The van der Waals surface area contributed by atoms with Gasteiger partial charge in [0.2, 0.25) is 0 Å². The number of benzene rings is 1. The van der Waals surface area contributed by atoms with E-state index >= 15 is 0 Å². The summed E-state index contributed by atoms with van der Waals surface area (Å²) in [6, 6.07) is 9.75. The largest absolute Gasteiger partial charge is 0.497 e. The Morgan fingerprint density at radius 3 is 2.89 bits per heavy atom. The fraction of sp³-hybridized carbons (Fsp3) is 0.391. The minimum atomic E-state index is -0.103. The summed E-state index contributed by atoms with van der Waals surface area (Å²) in [7, 11) is 1.65. The fourth-order valence-corrected chi connectivity index (χ4v) is 3.41. The summed E-state index contributed by atoms with van der Waals surface area (Å²) in [6.07, 6.45) is 12.6. The highest BCUT2D eigenvalue weighted by molar-refractivity contribution is 5.94. The van der Waals surface area contributed by atoms with E-state index in [1.165, 1.54) is 31.3 Å². The van der Waals surface area contributed by atoms with E-state index in [0.717, 1.165) is 36.4 Å². The molecule has 148 valence electrons. The van der Waals surface area contributed by atoms with Crippen LogP contribution < -0.4 is 15.4 Å². The Kier molecular flexibility index (Phi) is 7.47. The number of carbonyl (C=O) groups is 1. The van der Waals surface area contributed by atoms with Crippen LogP contribution in [-0.2, 0) is 6.42 Å². The third-order valence-corrected chi connectivity index (χ3v) is 4.99. The van der Waals surface area contributed by atoms with Crippen LogP contribution >= 0.6 is 0 Å². The first-order valence-electron chi connectivity index (χ1n) is 10.0. The van der Waals surface area contributed by atoms with E-state index in [1.54, 1.807) is 19.5 Å². The predicted molar refractivity (Wildman–Crippen MR) is 113 cm³/mol. The summed E-state index contributed by atoms with van der Waals surface area (Å²) >= 11 is 0. The van der Waals surface area contributed by atoms with Gasteiger partial charge in [0, 0.05) is 25.5 Å². The zero-order valence-electron chi connectivity index (χ0n) is 16.5. The normalized spacial score (nSPS) is 13.5. The van der Waals surface area contributed by atoms with Gasteiger partial charge in [0.15, 0.2) is 0 Å². The second-order valence-electron chi connectivity index (χ2n) is 7.10. The monoisotopic (exact) mass is 379 g/mol. The molecule has 5 heteroatoms. The molecule has 1 amide bonds. The summed E-state index contributed by atoms with van der Waals surface area (Å²) in [6.45, 7) is 1.44. The number of carbonyl (C=O) groups excluding carboxylic acids is 1. The average Bonchev–Trinajstić information content (AvgIpc) is 2.75. The van der Waals surface area contributed by atoms with E-state index in [9.17, 15) is 4.79 Å². The van der Waals surface area contributed by atoms with Crippen molar-refractivity contribution in [1.29, 1.82) is 0 Å². The number of pyridine rings is 1. The van der Waals surface area contributed by atoms with Crippen LogP contribution in [-0.4, -0.2) is 31.1 Å². The molecule has 0 fully saturated rings. The maximum absolute atomic E-state index is 12.4. The van der Waals surface area contributed by atoms with Gasteiger partial charge in [-0.3, -0.25) is 9.78 Å². The lowest BCUT2D eigenvalue weighted by Gasteiger charge is -2.13. The fourth-order valence-electron chi connectivity index (χ4n) is 3.41. The predicted octanol–water partition coefficient (Wildman–Crippen LogP) is 4.37. The zero-order chi connectivity index (χ0) is 19.6. The maximum atomic E-state index is 12.4. The first-order valence-corrected chi connectivity index (χ1v) is 10.0. The molecule has 0 saturated heterocycles. The topological polar surface area (TPSA) is 63.2 Å². The van der Waals surface area contributed by atoms with E-state index in [1.807, 2.05) is 30.3 Å². The quantitative estimate of drug-likeness (QED) is 0.635. The third kappa shape index (κ3) is 6.12. The molecule has 1 aromatic carbocycles. The van der Waals surface area contributed by atoms with Gasteiger partial charge < -0.3 is 15.4 Å². The Labute approximate surface area is 167 Å². The molecular formula is C23H29N3O2. The number of nitrogens with one attached hydrogen (secondary N) is 2. The number of nitrogens with zero attached hydrogens (tertiary/aromatic N) is 1. The molecule has 1 heterocycles. The van der Waals surface area contributed by atoms with Crippen molar-refractivity contribution in [2.24, 2.45) is 0 Å². The van der Waals surface area contributed by atoms with Crippen LogP contribution in [0.25, 0.3) is 0 Å². The molecule has 3 rings (SSSR count). The first-order chi connectivity index (χ1) is 13.7. The van der Waals surface area contributed by atoms with Crippen molar-refractivity contribution >= 4 is 11.6 Å². The molecule has 0 aliphatic heterocycles. The van der Waals surface area contributed by atoms with Crippen molar-refractivity contribution in [2.75, 3.05) is 25.5 Å². The minimum absolute atomic E-state index is 0.103. The summed E-state index contributed by atoms with van der Waals surface area (Å²) in [5, 5.41) is 6.35. The van der Waals surface area contributed by atoms with Crippen molar-refractivity contribution in [2.45, 2.75) is 38.5 Å². The highest BCUT2D eigenvalue weighted by Gasteiger charge is 2.08. The van der Waals surface area contributed by atoms with Gasteiger partial charge in [0.25, 0.3) is 5.91 Å². The first kappa shape index (κ1) is 19.9. The SMILES string of the molecule is COc1cccc(CCNC(=O)c2cncc(NCCC3=CCCCC3)c2)c1. The number of methoxy groups -OCH3 is 1. The maximum Gasteiger partial charge on any atom is 0.252 e. The number of ether oxygens (including phenoxy) is 1. The Balaban J connectivity index is 1.45. The van der Waals surface area contributed by atoms with Gasteiger partial charge >= 0.3 is 0 Å². The van der Waals surface area contributed by atoms with Crippen LogP contribution in [0.4, 0.5) is 5.69 Å². The summed E-state index contributed by atoms with van der Waals surface area (Å²) in [5.41, 5.74) is 4.13. The van der Waals surface area contributed by atoms with Crippen molar-refractivity contribution in [3.8, 4) is 5.75 Å². The van der Waals surface area contributed by atoms with Crippen LogP contribution in [0.15, 0.2) is 54.4 Å². The standard InChI is InChI=1S/C23H29N3O2/c1-28-22-9-5-8-19(14-22)11-13-26-23(27)20-15-21(17-24-16-20)25-12-10-18-6-3-2-4-7-18/h5-6,8-9,14-17,25H,2-4,7,10-13H2,1H3,(H,26,27). The van der Waals surface area contributed by atoms with Crippen molar-refractivity contribution in [3.05, 3.63) is 65.5 Å². The van der Waals surface area contributed by atoms with E-state index in [2.05, 4.69) is 21.7 Å². The second-order valence-corrected chi connectivity index (χ2v) is 7.10. The van der Waals surface area contributed by atoms with Gasteiger partial charge in [-0.25, -0.2) is 0 Å². The number of amides is 1. The van der Waals surface area contributed by atoms with E-state index < -0.39 is 0 Å². The molecule has 28 heavy (non-hydrogen) atoms. The van der Waals surface area contributed by atoms with Gasteiger partial charge in [-0.05, 0) is 62.3 Å². The number of allylic oxidation sites excluding steroid dienone is 1. The van der Waals surface area contributed by atoms with E-state index in [0.29, 0.717) is 12.1 Å². The molecule has 0 saturated carbocycles.